The van der Waals surface area contributed by atoms with Crippen LogP contribution in [0, 0.1) is 11.8 Å². The minimum absolute atomic E-state index is 0.0186. The average molecular weight is 344 g/mol. The molecule has 0 aromatic carbocycles. The fourth-order valence-electron chi connectivity index (χ4n) is 2.56. The lowest BCUT2D eigenvalue weighted by Gasteiger charge is -2.39. The zero-order chi connectivity index (χ0) is 18.4. The molecular formula is C17H28O7. The molecule has 0 unspecified atom stereocenters. The zero-order valence-electron chi connectivity index (χ0n) is 14.2. The summed E-state index contributed by atoms with van der Waals surface area (Å²) in [6.07, 6.45) is -0.298. The van der Waals surface area contributed by atoms with Crippen molar-refractivity contribution in [2.45, 2.75) is 57.7 Å². The van der Waals surface area contributed by atoms with Gasteiger partial charge in [-0.2, -0.15) is 0 Å². The molecule has 24 heavy (non-hydrogen) atoms. The largest absolute Gasteiger partial charge is 0.478 e. The van der Waals surface area contributed by atoms with Crippen molar-refractivity contribution < 1.29 is 35.1 Å². The van der Waals surface area contributed by atoms with E-state index in [0.717, 1.165) is 6.08 Å². The first kappa shape index (κ1) is 20.8. The minimum Gasteiger partial charge on any atom is -0.478 e. The molecule has 7 atom stereocenters. The number of rotatable bonds is 7. The van der Waals surface area contributed by atoms with Gasteiger partial charge in [0.1, 0.15) is 18.3 Å². The quantitative estimate of drug-likeness (QED) is 0.327. The van der Waals surface area contributed by atoms with E-state index in [-0.39, 0.29) is 24.0 Å². The van der Waals surface area contributed by atoms with Crippen LogP contribution in [0.15, 0.2) is 23.8 Å². The van der Waals surface area contributed by atoms with E-state index < -0.39 is 36.5 Å². The molecule has 0 aliphatic carbocycles. The number of aliphatic hydroxyl groups excluding tert-OH is 4. The molecule has 1 aliphatic heterocycles. The normalized spacial score (nSPS) is 32.5. The molecule has 0 aromatic rings. The molecule has 1 fully saturated rings. The fraction of sp³-hybridized carbons (Fsp3) is 0.706. The highest BCUT2D eigenvalue weighted by Crippen LogP contribution is 2.27. The van der Waals surface area contributed by atoms with Crippen LogP contribution in [0.4, 0.5) is 0 Å². The van der Waals surface area contributed by atoms with Gasteiger partial charge in [0, 0.05) is 12.0 Å². The third-order valence-corrected chi connectivity index (χ3v) is 4.44. The molecule has 0 bridgehead atoms. The van der Waals surface area contributed by atoms with Gasteiger partial charge in [0.2, 0.25) is 0 Å². The summed E-state index contributed by atoms with van der Waals surface area (Å²) >= 11 is 0. The molecule has 0 saturated carbocycles. The van der Waals surface area contributed by atoms with Crippen molar-refractivity contribution in [2.75, 3.05) is 6.61 Å². The fourth-order valence-corrected chi connectivity index (χ4v) is 2.56. The summed E-state index contributed by atoms with van der Waals surface area (Å²) in [7, 11) is 0. The molecule has 7 heteroatoms. The third-order valence-electron chi connectivity index (χ3n) is 4.44. The minimum atomic E-state index is -1.32. The molecule has 7 nitrogen and oxygen atoms in total. The van der Waals surface area contributed by atoms with Crippen molar-refractivity contribution in [3.05, 3.63) is 23.8 Å². The summed E-state index contributed by atoms with van der Waals surface area (Å²) in [5.41, 5.74) is 0.142. The van der Waals surface area contributed by atoms with Crippen molar-refractivity contribution in [1.29, 1.82) is 0 Å². The van der Waals surface area contributed by atoms with Crippen LogP contribution >= 0.6 is 0 Å². The number of allylic oxidation sites excluding steroid dienone is 1. The second-order valence-corrected chi connectivity index (χ2v) is 6.47. The maximum absolute atomic E-state index is 10.7. The average Bonchev–Trinajstić information content (AvgIpc) is 2.50. The van der Waals surface area contributed by atoms with Gasteiger partial charge in [-0.3, -0.25) is 0 Å². The number of aliphatic hydroxyl groups is 4. The Morgan fingerprint density at radius 2 is 1.88 bits per heavy atom. The van der Waals surface area contributed by atoms with Crippen LogP contribution < -0.4 is 0 Å². The van der Waals surface area contributed by atoms with E-state index in [1.807, 2.05) is 19.1 Å². The van der Waals surface area contributed by atoms with E-state index in [9.17, 15) is 25.2 Å². The van der Waals surface area contributed by atoms with Gasteiger partial charge in [-0.15, -0.1) is 0 Å². The standard InChI is InChI=1S/C17H28O7/c1-9(11(3)18)5-4-6-12-8-24-17(16(23)15(12)22)14(21)10(2)7-13(19)20/h4-5,7,9,11-12,14-18,21-23H,6,8H2,1-3H3,(H,19,20)/b5-4+,10-7+/t9-,11+,12+,14-,15-,16-,17+/m1/s1. The molecule has 0 radical (unpaired) electrons. The SMILES string of the molecule is C/C(=C\C(=O)O)[C@@H](O)[C@@H]1OC[C@H](C/C=C/[C@@H](C)[C@H](C)O)[C@@H](O)[C@H]1O. The van der Waals surface area contributed by atoms with Crippen LogP contribution in [0.1, 0.15) is 27.2 Å². The number of carboxylic acids is 1. The van der Waals surface area contributed by atoms with Gasteiger partial charge in [-0.05, 0) is 31.8 Å². The van der Waals surface area contributed by atoms with Crippen LogP contribution in [0.25, 0.3) is 0 Å². The third kappa shape index (κ3) is 5.68. The lowest BCUT2D eigenvalue weighted by molar-refractivity contribution is -0.187. The second kappa shape index (κ2) is 9.29. The number of ether oxygens (including phenoxy) is 1. The lowest BCUT2D eigenvalue weighted by Crippen LogP contribution is -2.54. The maximum Gasteiger partial charge on any atom is 0.328 e. The molecule has 1 rings (SSSR count). The van der Waals surface area contributed by atoms with Gasteiger partial charge in [0.25, 0.3) is 0 Å². The Balaban J connectivity index is 2.66. The number of carboxylic acid groups (broad SMARTS) is 1. The van der Waals surface area contributed by atoms with Crippen molar-refractivity contribution >= 4 is 5.97 Å². The van der Waals surface area contributed by atoms with Crippen LogP contribution in [-0.4, -0.2) is 68.6 Å². The van der Waals surface area contributed by atoms with Crippen molar-refractivity contribution in [1.82, 2.24) is 0 Å². The van der Waals surface area contributed by atoms with Gasteiger partial charge < -0.3 is 30.3 Å². The number of carbonyl (C=O) groups is 1. The summed E-state index contributed by atoms with van der Waals surface area (Å²) in [5.74, 6) is -1.56. The molecule has 0 aromatic heterocycles. The molecule has 1 saturated heterocycles. The van der Waals surface area contributed by atoms with Crippen LogP contribution in [-0.2, 0) is 9.53 Å². The maximum atomic E-state index is 10.7. The molecule has 0 spiro atoms. The van der Waals surface area contributed by atoms with Crippen LogP contribution in [0.3, 0.4) is 0 Å². The highest BCUT2D eigenvalue weighted by atomic mass is 16.5. The molecule has 0 amide bonds. The highest BCUT2D eigenvalue weighted by Gasteiger charge is 2.41. The number of aliphatic carboxylic acids is 1. The summed E-state index contributed by atoms with van der Waals surface area (Å²) in [6, 6.07) is 0. The lowest BCUT2D eigenvalue weighted by atomic mass is 9.86. The van der Waals surface area contributed by atoms with Crippen LogP contribution in [0.2, 0.25) is 0 Å². The van der Waals surface area contributed by atoms with Gasteiger partial charge in [-0.1, -0.05) is 19.1 Å². The number of hydrogen-bond acceptors (Lipinski definition) is 6. The smallest absolute Gasteiger partial charge is 0.328 e. The highest BCUT2D eigenvalue weighted by molar-refractivity contribution is 5.80. The Morgan fingerprint density at radius 1 is 1.25 bits per heavy atom. The van der Waals surface area contributed by atoms with Crippen LogP contribution in [0.5, 0.6) is 0 Å². The second-order valence-electron chi connectivity index (χ2n) is 6.47. The van der Waals surface area contributed by atoms with Gasteiger partial charge in [0.15, 0.2) is 0 Å². The molecular weight excluding hydrogens is 316 g/mol. The Labute approximate surface area is 141 Å². The van der Waals surface area contributed by atoms with Gasteiger partial charge >= 0.3 is 5.97 Å². The summed E-state index contributed by atoms with van der Waals surface area (Å²) in [4.78, 5) is 10.7. The molecule has 5 N–H and O–H groups in total. The van der Waals surface area contributed by atoms with E-state index in [4.69, 9.17) is 9.84 Å². The predicted octanol–water partition coefficient (Wildman–Crippen LogP) is 0.0782. The Hall–Kier alpha value is -1.25. The van der Waals surface area contributed by atoms with E-state index in [0.29, 0.717) is 6.42 Å². The summed E-state index contributed by atoms with van der Waals surface area (Å²) < 4.78 is 5.47. The van der Waals surface area contributed by atoms with E-state index in [1.54, 1.807) is 6.92 Å². The number of hydrogen-bond donors (Lipinski definition) is 5. The summed E-state index contributed by atoms with van der Waals surface area (Å²) in [5, 5.41) is 48.7. The first-order chi connectivity index (χ1) is 11.1. The van der Waals surface area contributed by atoms with Gasteiger partial charge in [0.05, 0.1) is 18.8 Å². The van der Waals surface area contributed by atoms with E-state index >= 15 is 0 Å². The summed E-state index contributed by atoms with van der Waals surface area (Å²) in [6.45, 7) is 5.12. The Kier molecular flexibility index (Phi) is 8.05. The molecule has 1 aliphatic rings. The first-order valence-corrected chi connectivity index (χ1v) is 8.06. The topological polar surface area (TPSA) is 127 Å². The Bertz CT molecular complexity index is 472. The first-order valence-electron chi connectivity index (χ1n) is 8.06. The predicted molar refractivity (Wildman–Crippen MR) is 87.2 cm³/mol. The Morgan fingerprint density at radius 3 is 2.42 bits per heavy atom. The van der Waals surface area contributed by atoms with E-state index in [2.05, 4.69) is 0 Å². The van der Waals surface area contributed by atoms with Gasteiger partial charge in [-0.25, -0.2) is 4.79 Å². The van der Waals surface area contributed by atoms with E-state index in [1.165, 1.54) is 6.92 Å². The molecule has 1 heterocycles. The monoisotopic (exact) mass is 344 g/mol. The van der Waals surface area contributed by atoms with Crippen molar-refractivity contribution in [3.8, 4) is 0 Å². The molecule has 138 valence electrons. The van der Waals surface area contributed by atoms with Crippen molar-refractivity contribution in [2.24, 2.45) is 11.8 Å². The van der Waals surface area contributed by atoms with Crippen molar-refractivity contribution in [3.63, 3.8) is 0 Å². The zero-order valence-corrected chi connectivity index (χ0v) is 14.2.